The smallest absolute Gasteiger partial charge is 0.213 e. The molecule has 25 heavy (non-hydrogen) atoms. The molecule has 1 atom stereocenters. The van der Waals surface area contributed by atoms with Crippen LogP contribution in [0, 0.1) is 6.92 Å². The number of methoxy groups -OCH3 is 1. The Morgan fingerprint density at radius 3 is 2.80 bits per heavy atom. The molecule has 2 aromatic heterocycles. The van der Waals surface area contributed by atoms with Gasteiger partial charge in [-0.3, -0.25) is 4.90 Å². The van der Waals surface area contributed by atoms with Crippen LogP contribution in [-0.2, 0) is 6.54 Å². The largest absolute Gasteiger partial charge is 0.481 e. The van der Waals surface area contributed by atoms with Gasteiger partial charge in [0.1, 0.15) is 5.82 Å². The summed E-state index contributed by atoms with van der Waals surface area (Å²) < 4.78 is 5.22. The summed E-state index contributed by atoms with van der Waals surface area (Å²) in [6.45, 7) is 8.02. The van der Waals surface area contributed by atoms with Gasteiger partial charge in [-0.2, -0.15) is 0 Å². The van der Waals surface area contributed by atoms with Gasteiger partial charge in [0, 0.05) is 50.0 Å². The first kappa shape index (κ1) is 17.9. The molecule has 7 heteroatoms. The first-order chi connectivity index (χ1) is 12.1. The van der Waals surface area contributed by atoms with Gasteiger partial charge in [-0.05, 0) is 26.2 Å². The van der Waals surface area contributed by atoms with Crippen molar-refractivity contribution in [2.75, 3.05) is 37.9 Å². The summed E-state index contributed by atoms with van der Waals surface area (Å²) in [5.74, 6) is 1.70. The Hall–Kier alpha value is -1.86. The van der Waals surface area contributed by atoms with Crippen molar-refractivity contribution in [3.8, 4) is 5.88 Å². The second-order valence-electron chi connectivity index (χ2n) is 6.29. The quantitative estimate of drug-likeness (QED) is 0.601. The van der Waals surface area contributed by atoms with E-state index in [2.05, 4.69) is 43.8 Å². The standard InChI is InChI=1S/C18H25N5OS/c1-13-10-16(21-18(19-13)25-4)23-9-8-22(14(2)11-23)12-15-6-5-7-17(20-15)24-3/h5-7,10,14H,8-9,11-12H2,1-4H3. The third-order valence-electron chi connectivity index (χ3n) is 4.45. The van der Waals surface area contributed by atoms with Crippen LogP contribution in [-0.4, -0.2) is 58.9 Å². The molecule has 1 saturated heterocycles. The molecule has 6 nitrogen and oxygen atoms in total. The minimum absolute atomic E-state index is 0.426. The Labute approximate surface area is 153 Å². The van der Waals surface area contributed by atoms with Crippen molar-refractivity contribution in [2.24, 2.45) is 0 Å². The monoisotopic (exact) mass is 359 g/mol. The Bertz CT molecular complexity index is 726. The van der Waals surface area contributed by atoms with Crippen molar-refractivity contribution < 1.29 is 4.74 Å². The number of aromatic nitrogens is 3. The van der Waals surface area contributed by atoms with Crippen LogP contribution >= 0.6 is 11.8 Å². The molecule has 1 unspecified atom stereocenters. The minimum atomic E-state index is 0.426. The predicted octanol–water partition coefficient (Wildman–Crippen LogP) is 2.62. The number of ether oxygens (including phenoxy) is 1. The summed E-state index contributed by atoms with van der Waals surface area (Å²) >= 11 is 1.59. The number of pyridine rings is 1. The maximum absolute atomic E-state index is 5.22. The summed E-state index contributed by atoms with van der Waals surface area (Å²) in [4.78, 5) is 18.5. The van der Waals surface area contributed by atoms with Crippen molar-refractivity contribution in [1.82, 2.24) is 19.9 Å². The molecule has 2 aromatic rings. The van der Waals surface area contributed by atoms with E-state index in [1.54, 1.807) is 18.9 Å². The van der Waals surface area contributed by atoms with Gasteiger partial charge in [-0.25, -0.2) is 15.0 Å². The molecule has 3 heterocycles. The van der Waals surface area contributed by atoms with Crippen LogP contribution in [0.3, 0.4) is 0 Å². The average molecular weight is 359 g/mol. The summed E-state index contributed by atoms with van der Waals surface area (Å²) in [5.41, 5.74) is 2.06. The molecule has 134 valence electrons. The molecule has 3 rings (SSSR count). The molecule has 1 fully saturated rings. The van der Waals surface area contributed by atoms with Crippen LogP contribution in [0.5, 0.6) is 5.88 Å². The van der Waals surface area contributed by atoms with Crippen molar-refractivity contribution in [3.63, 3.8) is 0 Å². The van der Waals surface area contributed by atoms with Crippen molar-refractivity contribution in [3.05, 3.63) is 35.7 Å². The molecule has 0 saturated carbocycles. The lowest BCUT2D eigenvalue weighted by Gasteiger charge is -2.40. The molecule has 0 N–H and O–H groups in total. The van der Waals surface area contributed by atoms with E-state index >= 15 is 0 Å². The van der Waals surface area contributed by atoms with E-state index in [1.807, 2.05) is 25.3 Å². The molecule has 1 aliphatic rings. The van der Waals surface area contributed by atoms with Crippen molar-refractivity contribution in [1.29, 1.82) is 0 Å². The Balaban J connectivity index is 1.67. The second kappa shape index (κ2) is 8.01. The van der Waals surface area contributed by atoms with Crippen LogP contribution in [0.15, 0.2) is 29.4 Å². The molecule has 0 bridgehead atoms. The fourth-order valence-corrected chi connectivity index (χ4v) is 3.50. The SMILES string of the molecule is COc1cccc(CN2CCN(c3cc(C)nc(SC)n3)CC2C)n1. The van der Waals surface area contributed by atoms with Gasteiger partial charge in [0.05, 0.1) is 12.8 Å². The number of nitrogens with zero attached hydrogens (tertiary/aromatic N) is 5. The maximum atomic E-state index is 5.22. The number of rotatable bonds is 5. The predicted molar refractivity (Wildman–Crippen MR) is 101 cm³/mol. The molecule has 0 aliphatic carbocycles. The summed E-state index contributed by atoms with van der Waals surface area (Å²) in [7, 11) is 1.65. The topological polar surface area (TPSA) is 54.4 Å². The normalized spacial score (nSPS) is 18.4. The van der Waals surface area contributed by atoms with Gasteiger partial charge < -0.3 is 9.64 Å². The maximum Gasteiger partial charge on any atom is 0.213 e. The van der Waals surface area contributed by atoms with Crippen LogP contribution < -0.4 is 9.64 Å². The molecule has 0 aromatic carbocycles. The highest BCUT2D eigenvalue weighted by Crippen LogP contribution is 2.22. The Morgan fingerprint density at radius 1 is 1.24 bits per heavy atom. The van der Waals surface area contributed by atoms with E-state index in [-0.39, 0.29) is 0 Å². The van der Waals surface area contributed by atoms with Crippen molar-refractivity contribution in [2.45, 2.75) is 31.6 Å². The number of thioether (sulfide) groups is 1. The second-order valence-corrected chi connectivity index (χ2v) is 7.06. The lowest BCUT2D eigenvalue weighted by Crippen LogP contribution is -2.51. The molecule has 1 aliphatic heterocycles. The lowest BCUT2D eigenvalue weighted by molar-refractivity contribution is 0.178. The Kier molecular flexibility index (Phi) is 5.75. The van der Waals surface area contributed by atoms with E-state index in [0.29, 0.717) is 11.9 Å². The lowest BCUT2D eigenvalue weighted by atomic mass is 10.1. The number of piperazine rings is 1. The number of hydrogen-bond donors (Lipinski definition) is 0. The fourth-order valence-electron chi connectivity index (χ4n) is 3.08. The Morgan fingerprint density at radius 2 is 2.08 bits per heavy atom. The fraction of sp³-hybridized carbons (Fsp3) is 0.500. The van der Waals surface area contributed by atoms with E-state index in [0.717, 1.165) is 48.5 Å². The van der Waals surface area contributed by atoms with Crippen molar-refractivity contribution >= 4 is 17.6 Å². The summed E-state index contributed by atoms with van der Waals surface area (Å²) in [6.07, 6.45) is 2.01. The zero-order valence-corrected chi connectivity index (χ0v) is 16.1. The third-order valence-corrected chi connectivity index (χ3v) is 4.99. The summed E-state index contributed by atoms with van der Waals surface area (Å²) in [5, 5.41) is 0.839. The number of hydrogen-bond acceptors (Lipinski definition) is 7. The van der Waals surface area contributed by atoms with Gasteiger partial charge in [0.25, 0.3) is 0 Å². The highest BCUT2D eigenvalue weighted by Gasteiger charge is 2.25. The minimum Gasteiger partial charge on any atom is -0.481 e. The van der Waals surface area contributed by atoms with Gasteiger partial charge in [-0.1, -0.05) is 17.8 Å². The molecular weight excluding hydrogens is 334 g/mol. The zero-order valence-electron chi connectivity index (χ0n) is 15.3. The van der Waals surface area contributed by atoms with E-state index in [4.69, 9.17) is 4.74 Å². The van der Waals surface area contributed by atoms with Gasteiger partial charge in [-0.15, -0.1) is 0 Å². The molecule has 0 amide bonds. The highest BCUT2D eigenvalue weighted by atomic mass is 32.2. The van der Waals surface area contributed by atoms with Crippen LogP contribution in [0.2, 0.25) is 0 Å². The van der Waals surface area contributed by atoms with Crippen LogP contribution in [0.1, 0.15) is 18.3 Å². The highest BCUT2D eigenvalue weighted by molar-refractivity contribution is 7.98. The van der Waals surface area contributed by atoms with E-state index in [1.165, 1.54) is 0 Å². The first-order valence-electron chi connectivity index (χ1n) is 8.47. The third kappa shape index (κ3) is 4.41. The molecule has 0 radical (unpaired) electrons. The molecule has 0 spiro atoms. The van der Waals surface area contributed by atoms with Gasteiger partial charge in [0.15, 0.2) is 5.16 Å². The van der Waals surface area contributed by atoms with E-state index < -0.39 is 0 Å². The molecular formula is C18H25N5OS. The zero-order chi connectivity index (χ0) is 17.8. The van der Waals surface area contributed by atoms with E-state index in [9.17, 15) is 0 Å². The first-order valence-corrected chi connectivity index (χ1v) is 9.70. The summed E-state index contributed by atoms with van der Waals surface area (Å²) in [6, 6.07) is 8.43. The van der Waals surface area contributed by atoms with Gasteiger partial charge >= 0.3 is 0 Å². The van der Waals surface area contributed by atoms with Crippen LogP contribution in [0.25, 0.3) is 0 Å². The van der Waals surface area contributed by atoms with Crippen LogP contribution in [0.4, 0.5) is 5.82 Å². The number of anilines is 1. The van der Waals surface area contributed by atoms with Gasteiger partial charge in [0.2, 0.25) is 5.88 Å². The average Bonchev–Trinajstić information content (AvgIpc) is 2.63. The number of aryl methyl sites for hydroxylation is 1.